The van der Waals surface area contributed by atoms with Crippen LogP contribution in [0.5, 0.6) is 0 Å². The molecule has 3 aromatic rings. The fourth-order valence-electron chi connectivity index (χ4n) is 3.47. The van der Waals surface area contributed by atoms with Gasteiger partial charge in [0.15, 0.2) is 0 Å². The molecule has 2 aliphatic heterocycles. The summed E-state index contributed by atoms with van der Waals surface area (Å²) in [5.41, 5.74) is 4.82. The first kappa shape index (κ1) is 20.8. The van der Waals surface area contributed by atoms with Crippen molar-refractivity contribution in [3.8, 4) is 11.4 Å². The van der Waals surface area contributed by atoms with Crippen molar-refractivity contribution in [3.63, 3.8) is 0 Å². The summed E-state index contributed by atoms with van der Waals surface area (Å²) in [5.74, 6) is 0.906. The summed E-state index contributed by atoms with van der Waals surface area (Å²) in [6.45, 7) is 9.71. The maximum atomic E-state index is 12.1. The number of aromatic nitrogens is 2. The van der Waals surface area contributed by atoms with Crippen LogP contribution < -0.4 is 5.32 Å². The van der Waals surface area contributed by atoms with Gasteiger partial charge in [0.25, 0.3) is 5.91 Å². The van der Waals surface area contributed by atoms with Crippen molar-refractivity contribution in [2.45, 2.75) is 27.3 Å². The lowest BCUT2D eigenvalue weighted by molar-refractivity contribution is 0.0956. The molecule has 29 heavy (non-hydrogen) atoms. The third kappa shape index (κ3) is 4.57. The number of likely N-dealkylation sites (N-methyl/N-ethyl adjacent to an activating group) is 1. The average molecular weight is 391 g/mol. The Labute approximate surface area is 173 Å². The van der Waals surface area contributed by atoms with E-state index in [1.54, 1.807) is 0 Å². The molecule has 0 spiro atoms. The minimum absolute atomic E-state index is 0.0188. The lowest BCUT2D eigenvalue weighted by Gasteiger charge is -2.07. The highest BCUT2D eigenvalue weighted by atomic mass is 16.1. The van der Waals surface area contributed by atoms with Gasteiger partial charge >= 0.3 is 0 Å². The standard InChI is InChI=1S/C17H15N3O.C5H9N.C2H6/c1-11-5-7-12(8-6-11)16-19-14-4-2-3-13-15(14)20(16)10-9-18-17(13)21;1-6-4-2-3-5-6;1-2/h2-8H,9-10H2,1H3,(H,18,21);2-3H,4-5H2,1H3;1-2H3. The molecule has 1 N–H and O–H groups in total. The van der Waals surface area contributed by atoms with Gasteiger partial charge in [-0.25, -0.2) is 4.98 Å². The number of para-hydroxylation sites is 1. The van der Waals surface area contributed by atoms with Crippen LogP contribution in [-0.2, 0) is 6.54 Å². The molecule has 3 heterocycles. The van der Waals surface area contributed by atoms with Gasteiger partial charge in [-0.15, -0.1) is 0 Å². The lowest BCUT2D eigenvalue weighted by Crippen LogP contribution is -2.24. The first-order valence-corrected chi connectivity index (χ1v) is 10.3. The second-order valence-corrected chi connectivity index (χ2v) is 7.07. The van der Waals surface area contributed by atoms with Gasteiger partial charge in [-0.3, -0.25) is 9.69 Å². The van der Waals surface area contributed by atoms with E-state index < -0.39 is 0 Å². The Morgan fingerprint density at radius 2 is 1.69 bits per heavy atom. The predicted molar refractivity (Wildman–Crippen MR) is 120 cm³/mol. The highest BCUT2D eigenvalue weighted by Crippen LogP contribution is 2.28. The Morgan fingerprint density at radius 1 is 1.00 bits per heavy atom. The monoisotopic (exact) mass is 390 g/mol. The largest absolute Gasteiger partial charge is 0.350 e. The fraction of sp³-hybridized carbons (Fsp3) is 0.333. The number of carbonyl (C=O) groups is 1. The summed E-state index contributed by atoms with van der Waals surface area (Å²) in [5, 5.41) is 2.94. The summed E-state index contributed by atoms with van der Waals surface area (Å²) >= 11 is 0. The molecular formula is C24H30N4O. The summed E-state index contributed by atoms with van der Waals surface area (Å²) in [6.07, 6.45) is 4.36. The molecule has 5 rings (SSSR count). The van der Waals surface area contributed by atoms with Crippen LogP contribution in [0.1, 0.15) is 29.8 Å². The first-order valence-electron chi connectivity index (χ1n) is 10.3. The van der Waals surface area contributed by atoms with Gasteiger partial charge < -0.3 is 9.88 Å². The lowest BCUT2D eigenvalue weighted by atomic mass is 10.1. The summed E-state index contributed by atoms with van der Waals surface area (Å²) in [4.78, 5) is 19.1. The molecule has 2 aliphatic rings. The smallest absolute Gasteiger partial charge is 0.253 e. The van der Waals surface area contributed by atoms with Gasteiger partial charge in [0.2, 0.25) is 0 Å². The van der Waals surface area contributed by atoms with Crippen molar-refractivity contribution < 1.29 is 4.79 Å². The van der Waals surface area contributed by atoms with Gasteiger partial charge in [-0.1, -0.05) is 61.9 Å². The van der Waals surface area contributed by atoms with Gasteiger partial charge in [0, 0.05) is 31.7 Å². The van der Waals surface area contributed by atoms with Crippen LogP contribution in [0, 0.1) is 6.92 Å². The van der Waals surface area contributed by atoms with E-state index in [4.69, 9.17) is 4.98 Å². The van der Waals surface area contributed by atoms with Crippen LogP contribution in [0.25, 0.3) is 22.4 Å². The quantitative estimate of drug-likeness (QED) is 0.631. The highest BCUT2D eigenvalue weighted by molar-refractivity contribution is 6.06. The van der Waals surface area contributed by atoms with Gasteiger partial charge in [0.05, 0.1) is 16.6 Å². The van der Waals surface area contributed by atoms with Crippen molar-refractivity contribution in [3.05, 3.63) is 65.7 Å². The predicted octanol–water partition coefficient (Wildman–Crippen LogP) is 4.27. The third-order valence-corrected chi connectivity index (χ3v) is 4.94. The van der Waals surface area contributed by atoms with Crippen LogP contribution in [0.2, 0.25) is 0 Å². The van der Waals surface area contributed by atoms with Crippen LogP contribution in [0.3, 0.4) is 0 Å². The van der Waals surface area contributed by atoms with Crippen LogP contribution in [-0.4, -0.2) is 47.0 Å². The molecule has 152 valence electrons. The van der Waals surface area contributed by atoms with E-state index in [9.17, 15) is 4.79 Å². The Balaban J connectivity index is 0.000000256. The Hall–Kier alpha value is -2.92. The van der Waals surface area contributed by atoms with Crippen molar-refractivity contribution in [2.75, 3.05) is 26.7 Å². The zero-order valence-electron chi connectivity index (χ0n) is 17.8. The van der Waals surface area contributed by atoms with Crippen LogP contribution >= 0.6 is 0 Å². The molecule has 0 unspecified atom stereocenters. The van der Waals surface area contributed by atoms with E-state index in [0.29, 0.717) is 12.1 Å². The molecule has 0 saturated carbocycles. The zero-order chi connectivity index (χ0) is 20.8. The molecule has 5 nitrogen and oxygen atoms in total. The molecule has 2 aromatic carbocycles. The van der Waals surface area contributed by atoms with E-state index in [0.717, 1.165) is 42.1 Å². The van der Waals surface area contributed by atoms with Crippen molar-refractivity contribution >= 4 is 16.9 Å². The van der Waals surface area contributed by atoms with Crippen LogP contribution in [0.15, 0.2) is 54.6 Å². The second kappa shape index (κ2) is 9.52. The molecule has 0 bridgehead atoms. The number of rotatable bonds is 1. The molecule has 0 saturated heterocycles. The minimum Gasteiger partial charge on any atom is -0.350 e. The molecule has 1 amide bonds. The van der Waals surface area contributed by atoms with E-state index in [-0.39, 0.29) is 5.91 Å². The SMILES string of the molecule is CC.CN1CC=CC1.Cc1ccc(-c2nc3cccc4c3n2CCNC4=O)cc1. The number of nitrogens with zero attached hydrogens (tertiary/aromatic N) is 3. The number of carbonyl (C=O) groups excluding carboxylic acids is 1. The number of benzene rings is 2. The number of nitrogens with one attached hydrogen (secondary N) is 1. The van der Waals surface area contributed by atoms with Gasteiger partial charge in [0.1, 0.15) is 5.82 Å². The van der Waals surface area contributed by atoms with Crippen LogP contribution in [0.4, 0.5) is 0 Å². The van der Waals surface area contributed by atoms with E-state index in [1.165, 1.54) is 5.56 Å². The molecule has 0 radical (unpaired) electrons. The maximum absolute atomic E-state index is 12.1. The Bertz CT molecular complexity index is 994. The number of aryl methyl sites for hydroxylation is 1. The molecule has 0 fully saturated rings. The third-order valence-electron chi connectivity index (χ3n) is 4.94. The number of amides is 1. The number of hydrogen-bond acceptors (Lipinski definition) is 3. The van der Waals surface area contributed by atoms with E-state index in [1.807, 2.05) is 32.0 Å². The number of hydrogen-bond donors (Lipinski definition) is 1. The summed E-state index contributed by atoms with van der Waals surface area (Å²) in [7, 11) is 2.11. The molecule has 0 aliphatic carbocycles. The van der Waals surface area contributed by atoms with Crippen molar-refractivity contribution in [1.82, 2.24) is 19.8 Å². The van der Waals surface area contributed by atoms with Gasteiger partial charge in [-0.05, 0) is 26.1 Å². The maximum Gasteiger partial charge on any atom is 0.253 e. The van der Waals surface area contributed by atoms with Gasteiger partial charge in [-0.2, -0.15) is 0 Å². The zero-order valence-corrected chi connectivity index (χ0v) is 17.8. The summed E-state index contributed by atoms with van der Waals surface area (Å²) in [6, 6.07) is 14.1. The minimum atomic E-state index is -0.0188. The van der Waals surface area contributed by atoms with E-state index in [2.05, 4.69) is 65.2 Å². The average Bonchev–Trinajstić information content (AvgIpc) is 3.33. The first-order chi connectivity index (χ1) is 14.1. The number of imidazole rings is 1. The normalized spacial score (nSPS) is 15.1. The molecule has 0 atom stereocenters. The Morgan fingerprint density at radius 3 is 2.31 bits per heavy atom. The second-order valence-electron chi connectivity index (χ2n) is 7.07. The van der Waals surface area contributed by atoms with Crippen molar-refractivity contribution in [1.29, 1.82) is 0 Å². The van der Waals surface area contributed by atoms with E-state index >= 15 is 0 Å². The van der Waals surface area contributed by atoms with Crippen molar-refractivity contribution in [2.24, 2.45) is 0 Å². The fourth-order valence-corrected chi connectivity index (χ4v) is 3.47. The summed E-state index contributed by atoms with van der Waals surface area (Å²) < 4.78 is 2.15. The Kier molecular flexibility index (Phi) is 6.83. The topological polar surface area (TPSA) is 50.2 Å². The molecule has 5 heteroatoms. The molecular weight excluding hydrogens is 360 g/mol. The highest BCUT2D eigenvalue weighted by Gasteiger charge is 2.21. The molecule has 1 aromatic heterocycles.